The summed E-state index contributed by atoms with van der Waals surface area (Å²) in [5, 5.41) is 1.33. The van der Waals surface area contributed by atoms with Gasteiger partial charge in [0.2, 0.25) is 0 Å². The highest BCUT2D eigenvalue weighted by atomic mass is 16.2. The maximum atomic E-state index is 12.4. The van der Waals surface area contributed by atoms with Crippen LogP contribution >= 0.6 is 0 Å². The van der Waals surface area contributed by atoms with Crippen molar-refractivity contribution in [2.75, 3.05) is 45.8 Å². The fourth-order valence-electron chi connectivity index (χ4n) is 3.47. The van der Waals surface area contributed by atoms with Gasteiger partial charge in [0, 0.05) is 62.9 Å². The number of hydrogen-bond donors (Lipinski definition) is 1. The fraction of sp³-hybridized carbons (Fsp3) is 0.526. The molecular formula is C19H28N4O. The number of para-hydroxylation sites is 1. The summed E-state index contributed by atoms with van der Waals surface area (Å²) in [6.07, 6.45) is 3.18. The van der Waals surface area contributed by atoms with E-state index in [2.05, 4.69) is 40.3 Å². The molecule has 2 aromatic rings. The van der Waals surface area contributed by atoms with Gasteiger partial charge < -0.3 is 14.8 Å². The number of urea groups is 1. The van der Waals surface area contributed by atoms with Gasteiger partial charge >= 0.3 is 6.03 Å². The summed E-state index contributed by atoms with van der Waals surface area (Å²) in [5.74, 6) is 0. The van der Waals surface area contributed by atoms with Crippen LogP contribution in [0.3, 0.4) is 0 Å². The number of rotatable bonds is 5. The number of aromatic nitrogens is 1. The molecule has 24 heavy (non-hydrogen) atoms. The third-order valence-electron chi connectivity index (χ3n) is 5.05. The maximum absolute atomic E-state index is 12.4. The van der Waals surface area contributed by atoms with Gasteiger partial charge in [-0.25, -0.2) is 4.79 Å². The van der Waals surface area contributed by atoms with Gasteiger partial charge in [0.15, 0.2) is 0 Å². The zero-order valence-electron chi connectivity index (χ0n) is 14.8. The summed E-state index contributed by atoms with van der Waals surface area (Å²) in [4.78, 5) is 22.1. The van der Waals surface area contributed by atoms with Crippen molar-refractivity contribution in [1.82, 2.24) is 19.7 Å². The second-order valence-corrected chi connectivity index (χ2v) is 6.39. The highest BCUT2D eigenvalue weighted by Gasteiger charge is 2.23. The van der Waals surface area contributed by atoms with E-state index in [1.165, 1.54) is 16.5 Å². The summed E-state index contributed by atoms with van der Waals surface area (Å²) >= 11 is 0. The van der Waals surface area contributed by atoms with Crippen molar-refractivity contribution >= 4 is 16.9 Å². The molecule has 0 radical (unpaired) electrons. The SMILES string of the molecule is CCN(CC)C(=O)N1CCN(CCc2c[nH]c3ccccc23)CC1. The van der Waals surface area contributed by atoms with Crippen LogP contribution in [0.5, 0.6) is 0 Å². The van der Waals surface area contributed by atoms with Gasteiger partial charge in [0.1, 0.15) is 0 Å². The molecule has 0 atom stereocenters. The van der Waals surface area contributed by atoms with E-state index in [0.29, 0.717) is 0 Å². The average Bonchev–Trinajstić information content (AvgIpc) is 3.04. The Morgan fingerprint density at radius 2 is 1.83 bits per heavy atom. The molecule has 0 bridgehead atoms. The van der Waals surface area contributed by atoms with Gasteiger partial charge in [-0.3, -0.25) is 4.90 Å². The average molecular weight is 328 g/mol. The molecule has 3 rings (SSSR count). The van der Waals surface area contributed by atoms with Gasteiger partial charge in [-0.05, 0) is 31.9 Å². The number of nitrogens with one attached hydrogen (secondary N) is 1. The highest BCUT2D eigenvalue weighted by molar-refractivity contribution is 5.83. The molecule has 2 heterocycles. The van der Waals surface area contributed by atoms with Gasteiger partial charge in [-0.1, -0.05) is 18.2 Å². The molecule has 1 saturated heterocycles. The Hall–Kier alpha value is -2.01. The van der Waals surface area contributed by atoms with Crippen LogP contribution in [0.15, 0.2) is 30.5 Å². The predicted octanol–water partition coefficient (Wildman–Crippen LogP) is 2.79. The van der Waals surface area contributed by atoms with Gasteiger partial charge in [0.05, 0.1) is 0 Å². The third-order valence-corrected chi connectivity index (χ3v) is 5.05. The first-order chi connectivity index (χ1) is 11.7. The number of aromatic amines is 1. The second kappa shape index (κ2) is 7.71. The zero-order valence-corrected chi connectivity index (χ0v) is 14.8. The van der Waals surface area contributed by atoms with Crippen LogP contribution in [0.4, 0.5) is 4.79 Å². The number of benzene rings is 1. The Balaban J connectivity index is 1.50. The molecule has 5 heteroatoms. The molecule has 1 N–H and O–H groups in total. The van der Waals surface area contributed by atoms with Crippen molar-refractivity contribution in [3.8, 4) is 0 Å². The van der Waals surface area contributed by atoms with Gasteiger partial charge in [-0.2, -0.15) is 0 Å². The molecule has 1 aliphatic heterocycles. The second-order valence-electron chi connectivity index (χ2n) is 6.39. The van der Waals surface area contributed by atoms with E-state index in [1.54, 1.807) is 0 Å². The highest BCUT2D eigenvalue weighted by Crippen LogP contribution is 2.18. The first-order valence-electron chi connectivity index (χ1n) is 9.04. The van der Waals surface area contributed by atoms with E-state index in [4.69, 9.17) is 0 Å². The maximum Gasteiger partial charge on any atom is 0.320 e. The number of carbonyl (C=O) groups excluding carboxylic acids is 1. The topological polar surface area (TPSA) is 42.6 Å². The van der Waals surface area contributed by atoms with Crippen molar-refractivity contribution in [3.05, 3.63) is 36.0 Å². The molecule has 0 unspecified atom stereocenters. The summed E-state index contributed by atoms with van der Waals surface area (Å²) < 4.78 is 0. The van der Waals surface area contributed by atoms with E-state index in [0.717, 1.165) is 52.2 Å². The fourth-order valence-corrected chi connectivity index (χ4v) is 3.47. The molecule has 1 fully saturated rings. The predicted molar refractivity (Wildman–Crippen MR) is 98.3 cm³/mol. The van der Waals surface area contributed by atoms with Crippen LogP contribution in [-0.2, 0) is 6.42 Å². The minimum Gasteiger partial charge on any atom is -0.361 e. The van der Waals surface area contributed by atoms with E-state index in [9.17, 15) is 4.79 Å². The number of fused-ring (bicyclic) bond motifs is 1. The van der Waals surface area contributed by atoms with Gasteiger partial charge in [-0.15, -0.1) is 0 Å². The third kappa shape index (κ3) is 3.56. The van der Waals surface area contributed by atoms with E-state index < -0.39 is 0 Å². The van der Waals surface area contributed by atoms with E-state index in [1.807, 2.05) is 23.6 Å². The van der Waals surface area contributed by atoms with Crippen molar-refractivity contribution in [2.45, 2.75) is 20.3 Å². The number of amides is 2. The molecule has 1 aromatic heterocycles. The first-order valence-corrected chi connectivity index (χ1v) is 9.04. The Morgan fingerprint density at radius 1 is 1.12 bits per heavy atom. The normalized spacial score (nSPS) is 15.8. The van der Waals surface area contributed by atoms with E-state index >= 15 is 0 Å². The Morgan fingerprint density at radius 3 is 2.54 bits per heavy atom. The van der Waals surface area contributed by atoms with E-state index in [-0.39, 0.29) is 6.03 Å². The largest absolute Gasteiger partial charge is 0.361 e. The van der Waals surface area contributed by atoms with Crippen LogP contribution in [0.25, 0.3) is 10.9 Å². The van der Waals surface area contributed by atoms with Crippen molar-refractivity contribution in [2.24, 2.45) is 0 Å². The van der Waals surface area contributed by atoms with Crippen LogP contribution < -0.4 is 0 Å². The van der Waals surface area contributed by atoms with Gasteiger partial charge in [0.25, 0.3) is 0 Å². The Bertz CT molecular complexity index is 669. The minimum atomic E-state index is 0.191. The summed E-state index contributed by atoms with van der Waals surface area (Å²) in [6.45, 7) is 10.3. The van der Waals surface area contributed by atoms with Crippen molar-refractivity contribution in [1.29, 1.82) is 0 Å². The number of H-pyrrole nitrogens is 1. The van der Waals surface area contributed by atoms with Crippen LogP contribution in [0.2, 0.25) is 0 Å². The number of hydrogen-bond acceptors (Lipinski definition) is 2. The zero-order chi connectivity index (χ0) is 16.9. The molecule has 5 nitrogen and oxygen atoms in total. The minimum absolute atomic E-state index is 0.191. The molecule has 2 amide bonds. The van der Waals surface area contributed by atoms with Crippen LogP contribution in [0.1, 0.15) is 19.4 Å². The standard InChI is InChI=1S/C19H28N4O/c1-3-22(4-2)19(24)23-13-11-21(12-14-23)10-9-16-15-20-18-8-6-5-7-17(16)18/h5-8,15,20H,3-4,9-14H2,1-2H3. The summed E-state index contributed by atoms with van der Waals surface area (Å²) in [6, 6.07) is 8.65. The molecule has 130 valence electrons. The number of piperazine rings is 1. The first kappa shape index (κ1) is 16.8. The molecule has 0 saturated carbocycles. The summed E-state index contributed by atoms with van der Waals surface area (Å²) in [5.41, 5.74) is 2.59. The van der Waals surface area contributed by atoms with Crippen molar-refractivity contribution < 1.29 is 4.79 Å². The lowest BCUT2D eigenvalue weighted by Gasteiger charge is -2.37. The molecule has 0 spiro atoms. The Kier molecular flexibility index (Phi) is 5.41. The smallest absolute Gasteiger partial charge is 0.320 e. The lowest BCUT2D eigenvalue weighted by atomic mass is 10.1. The van der Waals surface area contributed by atoms with Crippen LogP contribution in [0, 0.1) is 0 Å². The van der Waals surface area contributed by atoms with Crippen molar-refractivity contribution in [3.63, 3.8) is 0 Å². The van der Waals surface area contributed by atoms with Crippen LogP contribution in [-0.4, -0.2) is 71.5 Å². The lowest BCUT2D eigenvalue weighted by Crippen LogP contribution is -2.53. The monoisotopic (exact) mass is 328 g/mol. The number of nitrogens with zero attached hydrogens (tertiary/aromatic N) is 3. The molecule has 0 aliphatic carbocycles. The molecule has 1 aliphatic rings. The lowest BCUT2D eigenvalue weighted by molar-refractivity contribution is 0.116. The summed E-state index contributed by atoms with van der Waals surface area (Å²) in [7, 11) is 0. The molecular weight excluding hydrogens is 300 g/mol. The Labute approximate surface area is 144 Å². The quantitative estimate of drug-likeness (QED) is 0.917. The molecule has 1 aromatic carbocycles. The number of carbonyl (C=O) groups is 1.